The quantitative estimate of drug-likeness (QED) is 0.688. The van der Waals surface area contributed by atoms with E-state index in [-0.39, 0.29) is 24.6 Å². The summed E-state index contributed by atoms with van der Waals surface area (Å²) in [6.45, 7) is 1.61. The fourth-order valence-corrected chi connectivity index (χ4v) is 1.33. The molecule has 2 N–H and O–H groups in total. The molecule has 0 fully saturated rings. The zero-order chi connectivity index (χ0) is 15.3. The van der Waals surface area contributed by atoms with Crippen LogP contribution in [0.15, 0.2) is 6.20 Å². The monoisotopic (exact) mass is 283 g/mol. The summed E-state index contributed by atoms with van der Waals surface area (Å²) in [4.78, 5) is 35.4. The lowest BCUT2D eigenvalue weighted by Gasteiger charge is -2.10. The lowest BCUT2D eigenvalue weighted by molar-refractivity contribution is -0.139. The van der Waals surface area contributed by atoms with Crippen LogP contribution in [0, 0.1) is 0 Å². The Hall–Kier alpha value is -2.45. The van der Waals surface area contributed by atoms with Gasteiger partial charge in [-0.1, -0.05) is 12.1 Å². The Kier molecular flexibility index (Phi) is 5.18. The summed E-state index contributed by atoms with van der Waals surface area (Å²) in [5.74, 6) is -1.95. The van der Waals surface area contributed by atoms with Gasteiger partial charge < -0.3 is 15.3 Å². The summed E-state index contributed by atoms with van der Waals surface area (Å²) in [7, 11) is 3.21. The number of amides is 2. The van der Waals surface area contributed by atoms with Crippen molar-refractivity contribution in [3.63, 3.8) is 0 Å². The highest BCUT2D eigenvalue weighted by Gasteiger charge is 2.20. The zero-order valence-corrected chi connectivity index (χ0v) is 11.5. The van der Waals surface area contributed by atoms with Gasteiger partial charge in [0.1, 0.15) is 12.6 Å². The average Bonchev–Trinajstić information content (AvgIpc) is 2.83. The van der Waals surface area contributed by atoms with Gasteiger partial charge in [-0.05, 0) is 6.42 Å². The largest absolute Gasteiger partial charge is 0.480 e. The predicted molar refractivity (Wildman–Crippen MR) is 67.9 cm³/mol. The highest BCUT2D eigenvalue weighted by molar-refractivity contribution is 5.94. The first-order valence-electron chi connectivity index (χ1n) is 5.99. The molecular weight excluding hydrogens is 266 g/mol. The minimum atomic E-state index is -1.11. The molecule has 1 aromatic rings. The third kappa shape index (κ3) is 4.04. The van der Waals surface area contributed by atoms with E-state index in [0.717, 1.165) is 0 Å². The molecule has 1 heterocycles. The van der Waals surface area contributed by atoms with Gasteiger partial charge in [-0.25, -0.2) is 9.48 Å². The number of carboxylic acid groups (broad SMARTS) is 1. The van der Waals surface area contributed by atoms with Crippen molar-refractivity contribution in [1.82, 2.24) is 25.2 Å². The molecule has 110 valence electrons. The number of aliphatic carboxylic acids is 1. The van der Waals surface area contributed by atoms with Crippen molar-refractivity contribution in [2.45, 2.75) is 25.9 Å². The molecule has 1 rings (SSSR count). The van der Waals surface area contributed by atoms with Gasteiger partial charge in [-0.2, -0.15) is 0 Å². The lowest BCUT2D eigenvalue weighted by Crippen LogP contribution is -2.40. The van der Waals surface area contributed by atoms with Gasteiger partial charge in [0.05, 0.1) is 6.20 Å². The van der Waals surface area contributed by atoms with Crippen LogP contribution in [0.5, 0.6) is 0 Å². The van der Waals surface area contributed by atoms with Crippen LogP contribution < -0.4 is 5.32 Å². The number of carboxylic acids is 1. The maximum absolute atomic E-state index is 11.8. The van der Waals surface area contributed by atoms with Crippen LogP contribution in [-0.2, 0) is 16.1 Å². The van der Waals surface area contributed by atoms with Crippen LogP contribution in [0.25, 0.3) is 0 Å². The molecule has 20 heavy (non-hydrogen) atoms. The van der Waals surface area contributed by atoms with Crippen molar-refractivity contribution in [2.75, 3.05) is 14.1 Å². The van der Waals surface area contributed by atoms with E-state index in [2.05, 4.69) is 15.6 Å². The highest BCUT2D eigenvalue weighted by Crippen LogP contribution is 1.98. The van der Waals surface area contributed by atoms with Crippen molar-refractivity contribution in [1.29, 1.82) is 0 Å². The van der Waals surface area contributed by atoms with Gasteiger partial charge >= 0.3 is 5.97 Å². The number of rotatable bonds is 6. The van der Waals surface area contributed by atoms with E-state index < -0.39 is 17.9 Å². The van der Waals surface area contributed by atoms with E-state index in [9.17, 15) is 14.4 Å². The normalized spacial score (nSPS) is 11.8. The molecule has 1 aromatic heterocycles. The summed E-state index contributed by atoms with van der Waals surface area (Å²) < 4.78 is 1.22. The van der Waals surface area contributed by atoms with Gasteiger partial charge in [-0.15, -0.1) is 5.10 Å². The number of hydrogen-bond acceptors (Lipinski definition) is 5. The standard InChI is InChI=1S/C11H17N5O4/c1-4-7(11(19)20)12-10(18)8-5-16(14-13-8)6-9(17)15(2)3/h5,7H,4,6H2,1-3H3,(H,12,18)(H,19,20). The topological polar surface area (TPSA) is 117 Å². The molecular formula is C11H17N5O4. The van der Waals surface area contributed by atoms with E-state index in [1.165, 1.54) is 15.8 Å². The third-order valence-corrected chi connectivity index (χ3v) is 2.58. The summed E-state index contributed by atoms with van der Waals surface area (Å²) in [6.07, 6.45) is 1.56. The first-order valence-corrected chi connectivity index (χ1v) is 5.99. The fourth-order valence-electron chi connectivity index (χ4n) is 1.33. The van der Waals surface area contributed by atoms with Crippen molar-refractivity contribution in [3.8, 4) is 0 Å². The van der Waals surface area contributed by atoms with Gasteiger partial charge in [0, 0.05) is 14.1 Å². The molecule has 9 heteroatoms. The molecule has 0 saturated carbocycles. The number of nitrogens with zero attached hydrogens (tertiary/aromatic N) is 4. The van der Waals surface area contributed by atoms with E-state index in [1.54, 1.807) is 21.0 Å². The number of nitrogens with one attached hydrogen (secondary N) is 1. The molecule has 0 radical (unpaired) electrons. The van der Waals surface area contributed by atoms with Crippen molar-refractivity contribution in [2.24, 2.45) is 0 Å². The van der Waals surface area contributed by atoms with E-state index in [0.29, 0.717) is 0 Å². The summed E-state index contributed by atoms with van der Waals surface area (Å²) in [6, 6.07) is -0.976. The van der Waals surface area contributed by atoms with Crippen LogP contribution in [0.4, 0.5) is 0 Å². The molecule has 0 aliphatic heterocycles. The molecule has 0 aliphatic carbocycles. The Bertz CT molecular complexity index is 511. The SMILES string of the molecule is CCC(NC(=O)c1cn(CC(=O)N(C)C)nn1)C(=O)O. The number of carbonyl (C=O) groups is 3. The number of hydrogen-bond donors (Lipinski definition) is 2. The van der Waals surface area contributed by atoms with Gasteiger partial charge in [0.2, 0.25) is 5.91 Å². The Morgan fingerprint density at radius 3 is 2.60 bits per heavy atom. The summed E-state index contributed by atoms with van der Waals surface area (Å²) >= 11 is 0. The second kappa shape index (κ2) is 6.64. The smallest absolute Gasteiger partial charge is 0.326 e. The minimum Gasteiger partial charge on any atom is -0.480 e. The van der Waals surface area contributed by atoms with E-state index >= 15 is 0 Å². The highest BCUT2D eigenvalue weighted by atomic mass is 16.4. The molecule has 2 amide bonds. The maximum atomic E-state index is 11.8. The van der Waals surface area contributed by atoms with Crippen LogP contribution in [-0.4, -0.2) is 62.9 Å². The second-order valence-corrected chi connectivity index (χ2v) is 4.36. The van der Waals surface area contributed by atoms with Gasteiger partial charge in [-0.3, -0.25) is 9.59 Å². The first kappa shape index (κ1) is 15.6. The Morgan fingerprint density at radius 2 is 2.10 bits per heavy atom. The molecule has 0 bridgehead atoms. The Labute approximate surface area is 115 Å². The maximum Gasteiger partial charge on any atom is 0.326 e. The molecule has 0 saturated heterocycles. The predicted octanol–water partition coefficient (Wildman–Crippen LogP) is -1.04. The molecule has 1 unspecified atom stereocenters. The lowest BCUT2D eigenvalue weighted by atomic mass is 10.2. The molecule has 0 aromatic carbocycles. The van der Waals surface area contributed by atoms with Gasteiger partial charge in [0.25, 0.3) is 5.91 Å². The second-order valence-electron chi connectivity index (χ2n) is 4.36. The van der Waals surface area contributed by atoms with Crippen molar-refractivity contribution >= 4 is 17.8 Å². The van der Waals surface area contributed by atoms with Gasteiger partial charge in [0.15, 0.2) is 5.69 Å². The fraction of sp³-hybridized carbons (Fsp3) is 0.545. The third-order valence-electron chi connectivity index (χ3n) is 2.58. The van der Waals surface area contributed by atoms with Crippen molar-refractivity contribution < 1.29 is 19.5 Å². The number of likely N-dealkylation sites (N-methyl/N-ethyl adjacent to an activating group) is 1. The summed E-state index contributed by atoms with van der Waals surface area (Å²) in [5, 5.41) is 18.4. The molecule has 9 nitrogen and oxygen atoms in total. The van der Waals surface area contributed by atoms with Crippen LogP contribution in [0.1, 0.15) is 23.8 Å². The van der Waals surface area contributed by atoms with Crippen molar-refractivity contribution in [3.05, 3.63) is 11.9 Å². The van der Waals surface area contributed by atoms with E-state index in [4.69, 9.17) is 5.11 Å². The Morgan fingerprint density at radius 1 is 1.45 bits per heavy atom. The number of carbonyl (C=O) groups excluding carboxylic acids is 2. The summed E-state index contributed by atoms with van der Waals surface area (Å²) in [5.41, 5.74) is -0.0312. The Balaban J connectivity index is 2.69. The number of aromatic nitrogens is 3. The molecule has 0 spiro atoms. The minimum absolute atomic E-state index is 0.0312. The first-order chi connectivity index (χ1) is 9.35. The van der Waals surface area contributed by atoms with Crippen LogP contribution >= 0.6 is 0 Å². The van der Waals surface area contributed by atoms with Crippen LogP contribution in [0.2, 0.25) is 0 Å². The average molecular weight is 283 g/mol. The molecule has 1 atom stereocenters. The zero-order valence-electron chi connectivity index (χ0n) is 11.5. The molecule has 0 aliphatic rings. The van der Waals surface area contributed by atoms with E-state index in [1.807, 2.05) is 0 Å². The van der Waals surface area contributed by atoms with Crippen LogP contribution in [0.3, 0.4) is 0 Å².